The molecule has 25 heavy (non-hydrogen) atoms. The molecule has 0 aliphatic carbocycles. The third kappa shape index (κ3) is 4.72. The van der Waals surface area contributed by atoms with Crippen molar-refractivity contribution in [3.63, 3.8) is 0 Å². The molecular formula is C17H21BrN2O5. The third-order valence-corrected chi connectivity index (χ3v) is 4.38. The third-order valence-electron chi connectivity index (χ3n) is 3.74. The molecule has 1 aliphatic heterocycles. The molecule has 0 bridgehead atoms. The minimum absolute atomic E-state index is 0.133. The maximum Gasteiger partial charge on any atom is 0.411 e. The van der Waals surface area contributed by atoms with E-state index in [0.29, 0.717) is 16.6 Å². The number of aliphatic carboxylic acids is 1. The highest BCUT2D eigenvalue weighted by atomic mass is 79.9. The van der Waals surface area contributed by atoms with Crippen LogP contribution in [0.5, 0.6) is 0 Å². The molecular weight excluding hydrogens is 392 g/mol. The molecule has 1 atom stereocenters. The number of carboxylic acid groups (broad SMARTS) is 1. The first-order chi connectivity index (χ1) is 11.6. The number of benzene rings is 1. The second-order valence-corrected chi connectivity index (χ2v) is 7.66. The Kier molecular flexibility index (Phi) is 5.72. The summed E-state index contributed by atoms with van der Waals surface area (Å²) in [6.07, 6.45) is 0.115. The van der Waals surface area contributed by atoms with Gasteiger partial charge in [-0.05, 0) is 54.9 Å². The van der Waals surface area contributed by atoms with Gasteiger partial charge in [0.15, 0.2) is 0 Å². The Bertz CT molecular complexity index is 686. The summed E-state index contributed by atoms with van der Waals surface area (Å²) in [5.41, 5.74) is 0.615. The summed E-state index contributed by atoms with van der Waals surface area (Å²) in [5, 5.41) is 9.54. The summed E-state index contributed by atoms with van der Waals surface area (Å²) in [6, 6.07) is 4.10. The van der Waals surface area contributed by atoms with E-state index >= 15 is 0 Å². The van der Waals surface area contributed by atoms with Gasteiger partial charge in [0.05, 0.1) is 5.69 Å². The number of nitrogens with zero attached hydrogens (tertiary/aromatic N) is 2. The Hall–Kier alpha value is -2.09. The zero-order chi connectivity index (χ0) is 18.8. The van der Waals surface area contributed by atoms with Crippen LogP contribution in [-0.4, -0.2) is 59.6 Å². The predicted molar refractivity (Wildman–Crippen MR) is 96.1 cm³/mol. The summed E-state index contributed by atoms with van der Waals surface area (Å²) < 4.78 is 6.01. The van der Waals surface area contributed by atoms with Gasteiger partial charge in [-0.15, -0.1) is 0 Å². The lowest BCUT2D eigenvalue weighted by molar-refractivity contribution is -0.143. The van der Waals surface area contributed by atoms with Crippen molar-refractivity contribution < 1.29 is 24.2 Å². The number of piperazine rings is 1. The summed E-state index contributed by atoms with van der Waals surface area (Å²) >= 11 is 3.41. The van der Waals surface area contributed by atoms with E-state index in [0.717, 1.165) is 12.0 Å². The van der Waals surface area contributed by atoms with E-state index in [1.807, 2.05) is 4.90 Å². The summed E-state index contributed by atoms with van der Waals surface area (Å²) in [6.45, 7) is 6.04. The van der Waals surface area contributed by atoms with Crippen LogP contribution >= 0.6 is 15.9 Å². The number of rotatable bonds is 3. The first-order valence-electron chi connectivity index (χ1n) is 7.84. The van der Waals surface area contributed by atoms with Crippen molar-refractivity contribution in [1.82, 2.24) is 4.90 Å². The first kappa shape index (κ1) is 19.2. The van der Waals surface area contributed by atoms with E-state index in [1.165, 1.54) is 4.90 Å². The van der Waals surface area contributed by atoms with Crippen molar-refractivity contribution >= 4 is 40.0 Å². The molecule has 1 aromatic carbocycles. The fraction of sp³-hybridized carbons (Fsp3) is 0.471. The molecule has 136 valence electrons. The van der Waals surface area contributed by atoms with Crippen LogP contribution < -0.4 is 4.90 Å². The second kappa shape index (κ2) is 7.43. The standard InChI is InChI=1S/C17H21BrN2O5/c1-17(2,3)25-16(24)20-7-6-19(9-14(20)15(22)23)13-5-4-11(10-21)8-12(13)18/h4-5,8,10,14H,6-7,9H2,1-3H3,(H,22,23). The topological polar surface area (TPSA) is 87.2 Å². The number of anilines is 1. The normalized spacial score (nSPS) is 18.0. The Labute approximate surface area is 154 Å². The predicted octanol–water partition coefficient (Wildman–Crippen LogP) is 2.77. The summed E-state index contributed by atoms with van der Waals surface area (Å²) in [5.74, 6) is -1.09. The van der Waals surface area contributed by atoms with Gasteiger partial charge < -0.3 is 14.7 Å². The van der Waals surface area contributed by atoms with Crippen LogP contribution in [-0.2, 0) is 9.53 Å². The van der Waals surface area contributed by atoms with Crippen LogP contribution in [0.1, 0.15) is 31.1 Å². The molecule has 2 rings (SSSR count). The minimum Gasteiger partial charge on any atom is -0.480 e. The molecule has 1 heterocycles. The highest BCUT2D eigenvalue weighted by Crippen LogP contribution is 2.29. The van der Waals surface area contributed by atoms with E-state index in [4.69, 9.17) is 4.74 Å². The molecule has 1 N–H and O–H groups in total. The zero-order valence-corrected chi connectivity index (χ0v) is 15.9. The molecule has 1 fully saturated rings. The van der Waals surface area contributed by atoms with Crippen LogP contribution in [0.25, 0.3) is 0 Å². The molecule has 1 aromatic rings. The van der Waals surface area contributed by atoms with Crippen LogP contribution in [0, 0.1) is 0 Å². The highest BCUT2D eigenvalue weighted by Gasteiger charge is 2.38. The molecule has 0 saturated carbocycles. The van der Waals surface area contributed by atoms with Gasteiger partial charge in [-0.3, -0.25) is 9.69 Å². The minimum atomic E-state index is -1.09. The van der Waals surface area contributed by atoms with E-state index in [-0.39, 0.29) is 13.1 Å². The molecule has 7 nitrogen and oxygen atoms in total. The van der Waals surface area contributed by atoms with Crippen molar-refractivity contribution in [2.75, 3.05) is 24.5 Å². The van der Waals surface area contributed by atoms with Gasteiger partial charge in [0.25, 0.3) is 0 Å². The lowest BCUT2D eigenvalue weighted by Crippen LogP contribution is -2.59. The number of carbonyl (C=O) groups is 3. The maximum atomic E-state index is 12.3. The Morgan fingerprint density at radius 2 is 2.00 bits per heavy atom. The van der Waals surface area contributed by atoms with E-state index in [2.05, 4.69) is 15.9 Å². The first-order valence-corrected chi connectivity index (χ1v) is 8.64. The average molecular weight is 413 g/mol. The monoisotopic (exact) mass is 412 g/mol. The molecule has 1 saturated heterocycles. The number of carbonyl (C=O) groups excluding carboxylic acids is 2. The van der Waals surface area contributed by atoms with Crippen molar-refractivity contribution in [3.05, 3.63) is 28.2 Å². The van der Waals surface area contributed by atoms with Gasteiger partial charge in [-0.1, -0.05) is 0 Å². The zero-order valence-electron chi connectivity index (χ0n) is 14.4. The van der Waals surface area contributed by atoms with E-state index in [9.17, 15) is 19.5 Å². The molecule has 1 amide bonds. The molecule has 0 radical (unpaired) electrons. The van der Waals surface area contributed by atoms with Gasteiger partial charge >= 0.3 is 12.1 Å². The van der Waals surface area contributed by atoms with Crippen molar-refractivity contribution in [2.24, 2.45) is 0 Å². The quantitative estimate of drug-likeness (QED) is 0.767. The summed E-state index contributed by atoms with van der Waals surface area (Å²) in [7, 11) is 0. The average Bonchev–Trinajstić information content (AvgIpc) is 2.52. The van der Waals surface area contributed by atoms with Crippen molar-refractivity contribution in [1.29, 1.82) is 0 Å². The SMILES string of the molecule is CC(C)(C)OC(=O)N1CCN(c2ccc(C=O)cc2Br)CC1C(=O)O. The number of hydrogen-bond donors (Lipinski definition) is 1. The van der Waals surface area contributed by atoms with Crippen LogP contribution in [0.2, 0.25) is 0 Å². The van der Waals surface area contributed by atoms with Gasteiger partial charge in [0.2, 0.25) is 0 Å². The van der Waals surface area contributed by atoms with Crippen LogP contribution in [0.3, 0.4) is 0 Å². The molecule has 0 aromatic heterocycles. The van der Waals surface area contributed by atoms with E-state index in [1.54, 1.807) is 39.0 Å². The van der Waals surface area contributed by atoms with Crippen LogP contribution in [0.4, 0.5) is 10.5 Å². The Morgan fingerprint density at radius 3 is 2.52 bits per heavy atom. The van der Waals surface area contributed by atoms with Gasteiger partial charge in [-0.25, -0.2) is 9.59 Å². The Balaban J connectivity index is 2.20. The fourth-order valence-corrected chi connectivity index (χ4v) is 3.25. The molecule has 1 aliphatic rings. The van der Waals surface area contributed by atoms with Gasteiger partial charge in [-0.2, -0.15) is 0 Å². The maximum absolute atomic E-state index is 12.3. The van der Waals surface area contributed by atoms with Gasteiger partial charge in [0.1, 0.15) is 17.9 Å². The van der Waals surface area contributed by atoms with Crippen molar-refractivity contribution in [3.8, 4) is 0 Å². The Morgan fingerprint density at radius 1 is 1.32 bits per heavy atom. The van der Waals surface area contributed by atoms with Crippen molar-refractivity contribution in [2.45, 2.75) is 32.4 Å². The highest BCUT2D eigenvalue weighted by molar-refractivity contribution is 9.10. The number of halogens is 1. The fourth-order valence-electron chi connectivity index (χ4n) is 2.61. The smallest absolute Gasteiger partial charge is 0.411 e. The number of hydrogen-bond acceptors (Lipinski definition) is 5. The lowest BCUT2D eigenvalue weighted by Gasteiger charge is -2.41. The molecule has 0 spiro atoms. The largest absolute Gasteiger partial charge is 0.480 e. The summed E-state index contributed by atoms with van der Waals surface area (Å²) in [4.78, 5) is 37.9. The number of aldehydes is 1. The molecule has 8 heteroatoms. The van der Waals surface area contributed by atoms with Gasteiger partial charge in [0, 0.05) is 29.7 Å². The second-order valence-electron chi connectivity index (χ2n) is 6.80. The number of carboxylic acids is 1. The van der Waals surface area contributed by atoms with E-state index < -0.39 is 23.7 Å². The molecule has 1 unspecified atom stereocenters. The van der Waals surface area contributed by atoms with Crippen LogP contribution in [0.15, 0.2) is 22.7 Å². The lowest BCUT2D eigenvalue weighted by atomic mass is 10.1. The number of amides is 1. The number of ether oxygens (including phenoxy) is 1.